The number of amides is 3. The minimum absolute atomic E-state index is 0.0379. The number of thiophene rings is 1. The summed E-state index contributed by atoms with van der Waals surface area (Å²) in [7, 11) is 0. The van der Waals surface area contributed by atoms with E-state index >= 15 is 0 Å². The lowest BCUT2D eigenvalue weighted by atomic mass is 9.94. The number of rotatable bonds is 2. The summed E-state index contributed by atoms with van der Waals surface area (Å²) in [6.45, 7) is 2.83. The lowest BCUT2D eigenvalue weighted by Gasteiger charge is -2.35. The Balaban J connectivity index is 1.29. The molecule has 2 aliphatic heterocycles. The molecule has 5 nitrogen and oxygen atoms in total. The molecule has 1 N–H and O–H groups in total. The Morgan fingerprint density at radius 1 is 1.00 bits per heavy atom. The molecule has 26 heavy (non-hydrogen) atoms. The molecule has 0 radical (unpaired) electrons. The van der Waals surface area contributed by atoms with Crippen LogP contribution in [0.25, 0.3) is 0 Å². The minimum Gasteiger partial charge on any atom is -0.338 e. The smallest absolute Gasteiger partial charge is 0.321 e. The summed E-state index contributed by atoms with van der Waals surface area (Å²) < 4.78 is 0. The Kier molecular flexibility index (Phi) is 4.93. The van der Waals surface area contributed by atoms with E-state index in [0.29, 0.717) is 13.1 Å². The maximum atomic E-state index is 12.9. The fraction of sp³-hybridized carbons (Fsp3) is 0.400. The third-order valence-electron chi connectivity index (χ3n) is 5.28. The lowest BCUT2D eigenvalue weighted by molar-refractivity contribution is -0.137. The molecule has 2 aromatic rings. The van der Waals surface area contributed by atoms with Crippen molar-refractivity contribution >= 4 is 29.0 Å². The number of urea groups is 1. The molecule has 4 rings (SSSR count). The zero-order valence-corrected chi connectivity index (χ0v) is 15.5. The van der Waals surface area contributed by atoms with Gasteiger partial charge in [0.05, 0.1) is 0 Å². The molecule has 2 aliphatic rings. The van der Waals surface area contributed by atoms with Gasteiger partial charge in [-0.25, -0.2) is 4.79 Å². The van der Waals surface area contributed by atoms with Crippen molar-refractivity contribution in [1.29, 1.82) is 0 Å². The number of likely N-dealkylation sites (tertiary alicyclic amines) is 1. The molecule has 0 spiro atoms. The first-order valence-electron chi connectivity index (χ1n) is 9.16. The van der Waals surface area contributed by atoms with Gasteiger partial charge >= 0.3 is 6.03 Å². The van der Waals surface area contributed by atoms with Crippen LogP contribution in [0.2, 0.25) is 0 Å². The summed E-state index contributed by atoms with van der Waals surface area (Å²) in [4.78, 5) is 30.5. The summed E-state index contributed by atoms with van der Waals surface area (Å²) in [5.74, 6) is 0.293. The number of nitrogens with one attached hydrogen (secondary N) is 1. The fourth-order valence-corrected chi connectivity index (χ4v) is 4.64. The van der Waals surface area contributed by atoms with Gasteiger partial charge in [-0.2, -0.15) is 0 Å². The molecule has 136 valence electrons. The Bertz CT molecular complexity index is 781. The van der Waals surface area contributed by atoms with Gasteiger partial charge in [-0.15, -0.1) is 11.3 Å². The van der Waals surface area contributed by atoms with Crippen LogP contribution < -0.4 is 5.32 Å². The molecule has 1 aromatic heterocycles. The number of benzene rings is 1. The van der Waals surface area contributed by atoms with Gasteiger partial charge in [0.2, 0.25) is 5.91 Å². The number of nitrogens with zero attached hydrogens (tertiary/aromatic N) is 2. The summed E-state index contributed by atoms with van der Waals surface area (Å²) in [5.41, 5.74) is 2.10. The monoisotopic (exact) mass is 369 g/mol. The van der Waals surface area contributed by atoms with Crippen LogP contribution in [0.3, 0.4) is 0 Å². The highest BCUT2D eigenvalue weighted by molar-refractivity contribution is 7.10. The second-order valence-electron chi connectivity index (χ2n) is 6.94. The van der Waals surface area contributed by atoms with Gasteiger partial charge in [-0.3, -0.25) is 4.79 Å². The van der Waals surface area contributed by atoms with E-state index in [0.717, 1.165) is 38.0 Å². The van der Waals surface area contributed by atoms with Crippen molar-refractivity contribution in [2.75, 3.05) is 25.0 Å². The highest BCUT2D eigenvalue weighted by Gasteiger charge is 2.31. The molecule has 0 bridgehead atoms. The average Bonchev–Trinajstić information content (AvgIpc) is 3.16. The van der Waals surface area contributed by atoms with Crippen molar-refractivity contribution in [3.63, 3.8) is 0 Å². The SMILES string of the molecule is O=C(Nc1ccccc1)N1CCC(C(=O)N2CCc3sccc3C2)CC1. The topological polar surface area (TPSA) is 52.7 Å². The summed E-state index contributed by atoms with van der Waals surface area (Å²) >= 11 is 1.79. The quantitative estimate of drug-likeness (QED) is 0.880. The Hall–Kier alpha value is -2.34. The van der Waals surface area contributed by atoms with Crippen molar-refractivity contribution < 1.29 is 9.59 Å². The van der Waals surface area contributed by atoms with E-state index in [2.05, 4.69) is 16.8 Å². The Morgan fingerprint density at radius 2 is 1.77 bits per heavy atom. The minimum atomic E-state index is -0.0806. The molecule has 0 aliphatic carbocycles. The van der Waals surface area contributed by atoms with Gasteiger partial charge in [-0.05, 0) is 48.4 Å². The predicted molar refractivity (Wildman–Crippen MR) is 103 cm³/mol. The molecule has 0 unspecified atom stereocenters. The van der Waals surface area contributed by atoms with Crippen LogP contribution >= 0.6 is 11.3 Å². The molecule has 3 heterocycles. The van der Waals surface area contributed by atoms with Crippen LogP contribution in [-0.4, -0.2) is 41.4 Å². The average molecular weight is 369 g/mol. The lowest BCUT2D eigenvalue weighted by Crippen LogP contribution is -2.46. The number of fused-ring (bicyclic) bond motifs is 1. The summed E-state index contributed by atoms with van der Waals surface area (Å²) in [6.07, 6.45) is 2.46. The molecule has 6 heteroatoms. The highest BCUT2D eigenvalue weighted by Crippen LogP contribution is 2.27. The van der Waals surface area contributed by atoms with Gasteiger partial charge in [-0.1, -0.05) is 18.2 Å². The van der Waals surface area contributed by atoms with Crippen LogP contribution in [0.4, 0.5) is 10.5 Å². The number of hydrogen-bond donors (Lipinski definition) is 1. The zero-order valence-electron chi connectivity index (χ0n) is 14.7. The van der Waals surface area contributed by atoms with Crippen LogP contribution in [-0.2, 0) is 17.8 Å². The maximum Gasteiger partial charge on any atom is 0.321 e. The number of hydrogen-bond acceptors (Lipinski definition) is 3. The van der Waals surface area contributed by atoms with Crippen LogP contribution in [0.5, 0.6) is 0 Å². The maximum absolute atomic E-state index is 12.9. The Morgan fingerprint density at radius 3 is 2.54 bits per heavy atom. The molecule has 0 atom stereocenters. The van der Waals surface area contributed by atoms with E-state index in [1.54, 1.807) is 11.3 Å². The third kappa shape index (κ3) is 3.60. The molecule has 1 saturated heterocycles. The first-order valence-corrected chi connectivity index (χ1v) is 10.0. The van der Waals surface area contributed by atoms with E-state index in [1.165, 1.54) is 10.4 Å². The third-order valence-corrected chi connectivity index (χ3v) is 6.30. The normalized spacial score (nSPS) is 17.7. The van der Waals surface area contributed by atoms with Crippen LogP contribution in [0, 0.1) is 5.92 Å². The predicted octanol–water partition coefficient (Wildman–Crippen LogP) is 3.58. The van der Waals surface area contributed by atoms with E-state index in [-0.39, 0.29) is 17.9 Å². The number of carbonyl (C=O) groups excluding carboxylic acids is 2. The highest BCUT2D eigenvalue weighted by atomic mass is 32.1. The second-order valence-corrected chi connectivity index (χ2v) is 7.94. The second kappa shape index (κ2) is 7.50. The zero-order chi connectivity index (χ0) is 17.9. The number of piperidine rings is 1. The van der Waals surface area contributed by atoms with Gasteiger partial charge in [0.1, 0.15) is 0 Å². The van der Waals surface area contributed by atoms with E-state index < -0.39 is 0 Å². The van der Waals surface area contributed by atoms with E-state index in [1.807, 2.05) is 40.1 Å². The van der Waals surface area contributed by atoms with Crippen molar-refractivity contribution in [3.05, 3.63) is 52.2 Å². The molecular formula is C20H23N3O2S. The first-order chi connectivity index (χ1) is 12.7. The fourth-order valence-electron chi connectivity index (χ4n) is 3.75. The van der Waals surface area contributed by atoms with Gasteiger partial charge in [0.25, 0.3) is 0 Å². The molecule has 1 fully saturated rings. The van der Waals surface area contributed by atoms with Crippen molar-refractivity contribution in [3.8, 4) is 0 Å². The summed E-state index contributed by atoms with van der Waals surface area (Å²) in [5, 5.41) is 5.03. The standard InChI is InChI=1S/C20H23N3O2S/c24-19(23-12-8-18-16(14-23)9-13-26-18)15-6-10-22(11-7-15)20(25)21-17-4-2-1-3-5-17/h1-5,9,13,15H,6-8,10-12,14H2,(H,21,25). The molecule has 3 amide bonds. The number of anilines is 1. The summed E-state index contributed by atoms with van der Waals surface area (Å²) in [6, 6.07) is 11.5. The molecule has 1 aromatic carbocycles. The van der Waals surface area contributed by atoms with Crippen molar-refractivity contribution in [2.45, 2.75) is 25.8 Å². The first kappa shape index (κ1) is 17.1. The van der Waals surface area contributed by atoms with Gasteiger partial charge in [0, 0.05) is 42.7 Å². The van der Waals surface area contributed by atoms with Crippen molar-refractivity contribution in [2.24, 2.45) is 5.92 Å². The van der Waals surface area contributed by atoms with Gasteiger partial charge in [0.15, 0.2) is 0 Å². The Labute approximate surface area is 157 Å². The molecular weight excluding hydrogens is 346 g/mol. The van der Waals surface area contributed by atoms with Crippen LogP contribution in [0.1, 0.15) is 23.3 Å². The largest absolute Gasteiger partial charge is 0.338 e. The number of para-hydroxylation sites is 1. The van der Waals surface area contributed by atoms with Crippen LogP contribution in [0.15, 0.2) is 41.8 Å². The van der Waals surface area contributed by atoms with Crippen molar-refractivity contribution in [1.82, 2.24) is 9.80 Å². The van der Waals surface area contributed by atoms with E-state index in [9.17, 15) is 9.59 Å². The van der Waals surface area contributed by atoms with Gasteiger partial charge < -0.3 is 15.1 Å². The van der Waals surface area contributed by atoms with E-state index in [4.69, 9.17) is 0 Å². The molecule has 0 saturated carbocycles. The number of carbonyl (C=O) groups is 2.